The van der Waals surface area contributed by atoms with E-state index in [1.165, 1.54) is 6.07 Å². The normalized spacial score (nSPS) is 12.4. The van der Waals surface area contributed by atoms with E-state index in [1.54, 1.807) is 12.3 Å². The van der Waals surface area contributed by atoms with Gasteiger partial charge in [0.2, 0.25) is 0 Å². The van der Waals surface area contributed by atoms with Gasteiger partial charge in [-0.15, -0.1) is 0 Å². The van der Waals surface area contributed by atoms with E-state index in [1.807, 2.05) is 24.3 Å². The molecule has 2 nitrogen and oxygen atoms in total. The number of aromatic nitrogens is 1. The first-order valence-corrected chi connectivity index (χ1v) is 6.62. The minimum absolute atomic E-state index is 0.0115. The van der Waals surface area contributed by atoms with Crippen molar-refractivity contribution >= 4 is 11.6 Å². The number of hydrogen-bond acceptors (Lipinski definition) is 2. The Morgan fingerprint density at radius 2 is 2.11 bits per heavy atom. The summed E-state index contributed by atoms with van der Waals surface area (Å²) in [5.74, 6) is -0.393. The highest BCUT2D eigenvalue weighted by Crippen LogP contribution is 2.17. The van der Waals surface area contributed by atoms with Crippen LogP contribution in [0.15, 0.2) is 42.6 Å². The van der Waals surface area contributed by atoms with Crippen LogP contribution in [0.4, 0.5) is 4.39 Å². The Kier molecular flexibility index (Phi) is 4.88. The van der Waals surface area contributed by atoms with Gasteiger partial charge in [0.25, 0.3) is 0 Å². The lowest BCUT2D eigenvalue weighted by atomic mass is 10.0. The number of rotatable bonds is 5. The van der Waals surface area contributed by atoms with Crippen molar-refractivity contribution in [2.45, 2.75) is 25.3 Å². The molecule has 1 heterocycles. The predicted molar refractivity (Wildman–Crippen MR) is 75.6 cm³/mol. The molecule has 19 heavy (non-hydrogen) atoms. The number of nitrogens with two attached hydrogens (primary N) is 1. The van der Waals surface area contributed by atoms with E-state index in [2.05, 4.69) is 4.98 Å². The Hall–Kier alpha value is -1.45. The van der Waals surface area contributed by atoms with Crippen molar-refractivity contribution in [1.29, 1.82) is 0 Å². The van der Waals surface area contributed by atoms with Gasteiger partial charge in [0.15, 0.2) is 0 Å². The summed E-state index contributed by atoms with van der Waals surface area (Å²) in [4.78, 5) is 4.25. The average molecular weight is 279 g/mol. The van der Waals surface area contributed by atoms with E-state index < -0.39 is 5.82 Å². The Bertz CT molecular complexity index is 531. The minimum Gasteiger partial charge on any atom is -0.327 e. The van der Waals surface area contributed by atoms with Gasteiger partial charge in [0, 0.05) is 17.9 Å². The fraction of sp³-hybridized carbons (Fsp3) is 0.267. The van der Waals surface area contributed by atoms with Crippen LogP contribution in [0, 0.1) is 5.82 Å². The number of aryl methyl sites for hydroxylation is 1. The molecular formula is C15H16ClFN2. The van der Waals surface area contributed by atoms with Gasteiger partial charge in [-0.1, -0.05) is 23.7 Å². The van der Waals surface area contributed by atoms with E-state index in [4.69, 9.17) is 17.3 Å². The lowest BCUT2D eigenvalue weighted by molar-refractivity contribution is 0.595. The van der Waals surface area contributed by atoms with Gasteiger partial charge >= 0.3 is 0 Å². The Balaban J connectivity index is 1.87. The largest absolute Gasteiger partial charge is 0.327 e. The van der Waals surface area contributed by atoms with Crippen LogP contribution in [0.3, 0.4) is 0 Å². The molecule has 2 N–H and O–H groups in total. The molecule has 0 spiro atoms. The molecule has 0 aliphatic heterocycles. The average Bonchev–Trinajstić information content (AvgIpc) is 2.42. The van der Waals surface area contributed by atoms with E-state index in [0.717, 1.165) is 24.1 Å². The first kappa shape index (κ1) is 14.0. The number of hydrogen-bond donors (Lipinski definition) is 1. The fourth-order valence-corrected chi connectivity index (χ4v) is 2.07. The third kappa shape index (κ3) is 4.30. The highest BCUT2D eigenvalue weighted by Gasteiger charge is 2.07. The molecule has 0 radical (unpaired) electrons. The van der Waals surface area contributed by atoms with Crippen molar-refractivity contribution in [1.82, 2.24) is 4.98 Å². The number of pyridine rings is 1. The highest BCUT2D eigenvalue weighted by atomic mass is 35.5. The van der Waals surface area contributed by atoms with Crippen molar-refractivity contribution in [3.8, 4) is 0 Å². The van der Waals surface area contributed by atoms with Crippen molar-refractivity contribution in [3.63, 3.8) is 0 Å². The van der Waals surface area contributed by atoms with Crippen LogP contribution in [0.25, 0.3) is 0 Å². The van der Waals surface area contributed by atoms with Crippen LogP contribution in [-0.4, -0.2) is 11.0 Å². The molecule has 0 amide bonds. The van der Waals surface area contributed by atoms with Crippen molar-refractivity contribution in [2.75, 3.05) is 0 Å². The van der Waals surface area contributed by atoms with Crippen LogP contribution in [0.5, 0.6) is 0 Å². The molecular weight excluding hydrogens is 263 g/mol. The van der Waals surface area contributed by atoms with Gasteiger partial charge in [-0.3, -0.25) is 4.98 Å². The molecule has 1 unspecified atom stereocenters. The summed E-state index contributed by atoms with van der Waals surface area (Å²) >= 11 is 5.64. The molecule has 0 bridgehead atoms. The second kappa shape index (κ2) is 6.64. The molecule has 1 atom stereocenters. The maximum absolute atomic E-state index is 13.3. The first-order chi connectivity index (χ1) is 9.15. The van der Waals surface area contributed by atoms with Crippen LogP contribution in [0.2, 0.25) is 5.02 Å². The smallest absolute Gasteiger partial charge is 0.142 e. The molecule has 0 saturated heterocycles. The van der Waals surface area contributed by atoms with E-state index >= 15 is 0 Å². The van der Waals surface area contributed by atoms with Gasteiger partial charge in [-0.2, -0.15) is 0 Å². The van der Waals surface area contributed by atoms with Crippen LogP contribution in [0.1, 0.15) is 17.7 Å². The second-order valence-electron chi connectivity index (χ2n) is 4.57. The molecule has 0 aliphatic rings. The third-order valence-electron chi connectivity index (χ3n) is 2.98. The van der Waals surface area contributed by atoms with Gasteiger partial charge in [0.1, 0.15) is 5.82 Å². The summed E-state index contributed by atoms with van der Waals surface area (Å²) < 4.78 is 13.3. The molecule has 1 aromatic carbocycles. The minimum atomic E-state index is -0.393. The molecule has 1 aromatic heterocycles. The lowest BCUT2D eigenvalue weighted by Crippen LogP contribution is -2.23. The monoisotopic (exact) mass is 278 g/mol. The van der Waals surface area contributed by atoms with Crippen LogP contribution < -0.4 is 5.73 Å². The van der Waals surface area contributed by atoms with Crippen molar-refractivity contribution in [2.24, 2.45) is 5.73 Å². The number of halogens is 2. The summed E-state index contributed by atoms with van der Waals surface area (Å²) in [7, 11) is 0. The summed E-state index contributed by atoms with van der Waals surface area (Å²) in [5, 5.41) is 0.144. The standard InChI is InChI=1S/C15H16ClFN2/c16-14-7-4-11(10-15(14)17)9-12(18)5-6-13-3-1-2-8-19-13/h1-4,7-8,10,12H,5-6,9,18H2. The van der Waals surface area contributed by atoms with Crippen LogP contribution in [-0.2, 0) is 12.8 Å². The summed E-state index contributed by atoms with van der Waals surface area (Å²) in [6, 6.07) is 10.6. The van der Waals surface area contributed by atoms with E-state index in [-0.39, 0.29) is 11.1 Å². The number of nitrogens with zero attached hydrogens (tertiary/aromatic N) is 1. The number of benzene rings is 1. The van der Waals surface area contributed by atoms with Gasteiger partial charge in [-0.25, -0.2) is 4.39 Å². The Morgan fingerprint density at radius 1 is 1.26 bits per heavy atom. The molecule has 2 aromatic rings. The quantitative estimate of drug-likeness (QED) is 0.911. The SMILES string of the molecule is NC(CCc1ccccn1)Cc1ccc(Cl)c(F)c1. The molecule has 2 rings (SSSR count). The maximum atomic E-state index is 13.3. The summed E-state index contributed by atoms with van der Waals surface area (Å²) in [6.07, 6.45) is 4.07. The van der Waals surface area contributed by atoms with Gasteiger partial charge < -0.3 is 5.73 Å². The zero-order valence-corrected chi connectivity index (χ0v) is 11.3. The van der Waals surface area contributed by atoms with Crippen LogP contribution >= 0.6 is 11.6 Å². The van der Waals surface area contributed by atoms with E-state index in [0.29, 0.717) is 6.42 Å². The maximum Gasteiger partial charge on any atom is 0.142 e. The van der Waals surface area contributed by atoms with Gasteiger partial charge in [0.05, 0.1) is 5.02 Å². The molecule has 100 valence electrons. The molecule has 0 saturated carbocycles. The lowest BCUT2D eigenvalue weighted by Gasteiger charge is -2.11. The summed E-state index contributed by atoms with van der Waals surface area (Å²) in [6.45, 7) is 0. The van der Waals surface area contributed by atoms with E-state index in [9.17, 15) is 4.39 Å². The zero-order chi connectivity index (χ0) is 13.7. The van der Waals surface area contributed by atoms with Crippen molar-refractivity contribution in [3.05, 3.63) is 64.7 Å². The van der Waals surface area contributed by atoms with Gasteiger partial charge in [-0.05, 0) is 49.1 Å². The Morgan fingerprint density at radius 3 is 2.79 bits per heavy atom. The second-order valence-corrected chi connectivity index (χ2v) is 4.98. The predicted octanol–water partition coefficient (Wildman–Crippen LogP) is 3.38. The molecule has 4 heteroatoms. The van der Waals surface area contributed by atoms with Crippen molar-refractivity contribution < 1.29 is 4.39 Å². The zero-order valence-electron chi connectivity index (χ0n) is 10.5. The fourth-order valence-electron chi connectivity index (χ4n) is 1.95. The third-order valence-corrected chi connectivity index (χ3v) is 3.29. The molecule has 0 fully saturated rings. The topological polar surface area (TPSA) is 38.9 Å². The Labute approximate surface area is 117 Å². The first-order valence-electron chi connectivity index (χ1n) is 6.24. The highest BCUT2D eigenvalue weighted by molar-refractivity contribution is 6.30. The summed E-state index contributed by atoms with van der Waals surface area (Å²) in [5.41, 5.74) is 7.96. The molecule has 0 aliphatic carbocycles.